The second kappa shape index (κ2) is 5.60. The Morgan fingerprint density at radius 3 is 2.85 bits per heavy atom. The molecule has 0 saturated heterocycles. The van der Waals surface area contributed by atoms with Gasteiger partial charge in [0.05, 0.1) is 6.54 Å². The van der Waals surface area contributed by atoms with Gasteiger partial charge in [0.25, 0.3) is 5.91 Å². The van der Waals surface area contributed by atoms with Crippen LogP contribution in [-0.4, -0.2) is 15.5 Å². The first kappa shape index (κ1) is 13.1. The van der Waals surface area contributed by atoms with Gasteiger partial charge in [-0.3, -0.25) is 4.79 Å². The Morgan fingerprint density at radius 1 is 1.35 bits per heavy atom. The number of aromatic nitrogens is 2. The Balaban J connectivity index is 1.75. The first-order chi connectivity index (χ1) is 9.74. The van der Waals surface area contributed by atoms with Gasteiger partial charge in [0, 0.05) is 22.1 Å². The van der Waals surface area contributed by atoms with Crippen LogP contribution in [0.4, 0.5) is 0 Å². The molecule has 1 amide bonds. The molecule has 3 heterocycles. The smallest absolute Gasteiger partial charge is 0.271 e. The molecule has 0 unspecified atom stereocenters. The fraction of sp³-hybridized carbons (Fsp3) is 0.143. The summed E-state index contributed by atoms with van der Waals surface area (Å²) in [5.41, 5.74) is 0.509. The van der Waals surface area contributed by atoms with E-state index in [0.29, 0.717) is 12.2 Å². The molecule has 3 aromatic rings. The average molecular weight is 303 g/mol. The molecule has 20 heavy (non-hydrogen) atoms. The Labute approximate surface area is 124 Å². The third kappa shape index (κ3) is 2.66. The summed E-state index contributed by atoms with van der Waals surface area (Å²) in [6, 6.07) is 7.86. The number of thiazole rings is 1. The number of nitrogens with zero attached hydrogens (tertiary/aromatic N) is 2. The van der Waals surface area contributed by atoms with E-state index in [1.807, 2.05) is 53.5 Å². The first-order valence-corrected chi connectivity index (χ1v) is 7.85. The van der Waals surface area contributed by atoms with Crippen molar-refractivity contribution >= 4 is 28.6 Å². The van der Waals surface area contributed by atoms with E-state index in [2.05, 4.69) is 10.3 Å². The highest BCUT2D eigenvalue weighted by Gasteiger charge is 2.15. The van der Waals surface area contributed by atoms with Crippen LogP contribution in [0.5, 0.6) is 0 Å². The highest BCUT2D eigenvalue weighted by molar-refractivity contribution is 7.14. The van der Waals surface area contributed by atoms with E-state index >= 15 is 0 Å². The number of nitrogens with one attached hydrogen (secondary N) is 1. The van der Waals surface area contributed by atoms with Gasteiger partial charge in [0.1, 0.15) is 5.69 Å². The molecule has 1 N–H and O–H groups in total. The highest BCUT2D eigenvalue weighted by Crippen LogP contribution is 2.21. The van der Waals surface area contributed by atoms with E-state index in [1.165, 1.54) is 11.3 Å². The van der Waals surface area contributed by atoms with E-state index < -0.39 is 0 Å². The number of thiophene rings is 1. The Hall–Kier alpha value is -1.92. The molecule has 4 nitrogen and oxygen atoms in total. The third-order valence-corrected chi connectivity index (χ3v) is 4.69. The van der Waals surface area contributed by atoms with Crippen LogP contribution in [0.2, 0.25) is 0 Å². The number of amides is 1. The molecule has 0 aromatic carbocycles. The molecule has 0 aliphatic heterocycles. The largest absolute Gasteiger partial charge is 0.346 e. The van der Waals surface area contributed by atoms with Gasteiger partial charge in [0.2, 0.25) is 0 Å². The normalized spacial score (nSPS) is 10.7. The van der Waals surface area contributed by atoms with Crippen molar-refractivity contribution in [1.29, 1.82) is 0 Å². The van der Waals surface area contributed by atoms with Gasteiger partial charge in [-0.2, -0.15) is 0 Å². The molecule has 3 rings (SSSR count). The van der Waals surface area contributed by atoms with Gasteiger partial charge < -0.3 is 9.88 Å². The molecule has 6 heteroatoms. The second-order valence-electron chi connectivity index (χ2n) is 4.25. The summed E-state index contributed by atoms with van der Waals surface area (Å²) in [5.74, 6) is -0.120. The van der Waals surface area contributed by atoms with Crippen molar-refractivity contribution in [3.63, 3.8) is 0 Å². The summed E-state index contributed by atoms with van der Waals surface area (Å²) in [6.45, 7) is 2.47. The SMILES string of the molecule is Cc1sc(-n2cccc2)nc1C(=O)NCc1cccs1. The van der Waals surface area contributed by atoms with Crippen LogP contribution in [0.3, 0.4) is 0 Å². The number of hydrogen-bond donors (Lipinski definition) is 1. The topological polar surface area (TPSA) is 46.9 Å². The molecular weight excluding hydrogens is 290 g/mol. The van der Waals surface area contributed by atoms with Crippen molar-refractivity contribution in [3.05, 3.63) is 57.5 Å². The Morgan fingerprint density at radius 2 is 2.15 bits per heavy atom. The summed E-state index contributed by atoms with van der Waals surface area (Å²) in [6.07, 6.45) is 3.84. The van der Waals surface area contributed by atoms with Crippen LogP contribution >= 0.6 is 22.7 Å². The fourth-order valence-electron chi connectivity index (χ4n) is 1.83. The molecule has 0 fully saturated rings. The van der Waals surface area contributed by atoms with E-state index in [1.54, 1.807) is 11.3 Å². The molecule has 0 aliphatic rings. The average Bonchev–Trinajstić information content (AvgIpc) is 3.17. The second-order valence-corrected chi connectivity index (χ2v) is 6.47. The number of carbonyl (C=O) groups excluding carboxylic acids is 1. The maximum atomic E-state index is 12.2. The van der Waals surface area contributed by atoms with Gasteiger partial charge in [-0.05, 0) is 30.5 Å². The zero-order valence-corrected chi connectivity index (χ0v) is 12.5. The minimum Gasteiger partial charge on any atom is -0.346 e. The quantitative estimate of drug-likeness (QED) is 0.804. The third-order valence-electron chi connectivity index (χ3n) is 2.83. The minimum absolute atomic E-state index is 0.120. The van der Waals surface area contributed by atoms with Crippen LogP contribution in [0.15, 0.2) is 42.0 Å². The molecule has 102 valence electrons. The van der Waals surface area contributed by atoms with Crippen LogP contribution in [-0.2, 0) is 6.54 Å². The predicted molar refractivity (Wildman–Crippen MR) is 81.7 cm³/mol. The predicted octanol–water partition coefficient (Wildman–Crippen LogP) is 3.23. The lowest BCUT2D eigenvalue weighted by molar-refractivity contribution is 0.0946. The van der Waals surface area contributed by atoms with Crippen molar-refractivity contribution < 1.29 is 4.79 Å². The lowest BCUT2D eigenvalue weighted by Gasteiger charge is -2.01. The number of rotatable bonds is 4. The van der Waals surface area contributed by atoms with E-state index in [9.17, 15) is 4.79 Å². The van der Waals surface area contributed by atoms with E-state index in [4.69, 9.17) is 0 Å². The van der Waals surface area contributed by atoms with Crippen LogP contribution < -0.4 is 5.32 Å². The molecule has 0 atom stereocenters. The van der Waals surface area contributed by atoms with Crippen molar-refractivity contribution in [3.8, 4) is 5.13 Å². The highest BCUT2D eigenvalue weighted by atomic mass is 32.1. The summed E-state index contributed by atoms with van der Waals surface area (Å²) < 4.78 is 1.91. The lowest BCUT2D eigenvalue weighted by Crippen LogP contribution is -2.23. The molecule has 0 bridgehead atoms. The molecule has 0 radical (unpaired) electrons. The van der Waals surface area contributed by atoms with E-state index in [-0.39, 0.29) is 5.91 Å². The van der Waals surface area contributed by atoms with Crippen LogP contribution in [0, 0.1) is 6.92 Å². The first-order valence-electron chi connectivity index (χ1n) is 6.15. The molecule has 0 aliphatic carbocycles. The zero-order chi connectivity index (χ0) is 13.9. The monoisotopic (exact) mass is 303 g/mol. The number of hydrogen-bond acceptors (Lipinski definition) is 4. The minimum atomic E-state index is -0.120. The van der Waals surface area contributed by atoms with Gasteiger partial charge in [0.15, 0.2) is 5.13 Å². The van der Waals surface area contributed by atoms with Gasteiger partial charge in [-0.1, -0.05) is 6.07 Å². The summed E-state index contributed by atoms with van der Waals surface area (Å²) in [5, 5.41) is 5.72. The maximum absolute atomic E-state index is 12.2. The van der Waals surface area contributed by atoms with Gasteiger partial charge in [-0.25, -0.2) is 4.98 Å². The molecule has 0 spiro atoms. The molecular formula is C14H13N3OS2. The Kier molecular flexibility index (Phi) is 3.66. The molecule has 0 saturated carbocycles. The lowest BCUT2D eigenvalue weighted by atomic mass is 10.3. The molecule has 3 aromatic heterocycles. The van der Waals surface area contributed by atoms with Crippen molar-refractivity contribution in [2.24, 2.45) is 0 Å². The summed E-state index contributed by atoms with van der Waals surface area (Å²) in [4.78, 5) is 18.7. The fourth-order valence-corrected chi connectivity index (χ4v) is 3.35. The maximum Gasteiger partial charge on any atom is 0.271 e. The van der Waals surface area contributed by atoms with Crippen LogP contribution in [0.1, 0.15) is 20.2 Å². The summed E-state index contributed by atoms with van der Waals surface area (Å²) >= 11 is 3.15. The van der Waals surface area contributed by atoms with Gasteiger partial charge >= 0.3 is 0 Å². The van der Waals surface area contributed by atoms with Crippen LogP contribution in [0.25, 0.3) is 5.13 Å². The number of carbonyl (C=O) groups is 1. The van der Waals surface area contributed by atoms with Crippen molar-refractivity contribution in [2.45, 2.75) is 13.5 Å². The van der Waals surface area contributed by atoms with Crippen molar-refractivity contribution in [1.82, 2.24) is 14.9 Å². The number of aryl methyl sites for hydroxylation is 1. The van der Waals surface area contributed by atoms with Gasteiger partial charge in [-0.15, -0.1) is 22.7 Å². The van der Waals surface area contributed by atoms with E-state index in [0.717, 1.165) is 14.9 Å². The zero-order valence-electron chi connectivity index (χ0n) is 10.9. The summed E-state index contributed by atoms with van der Waals surface area (Å²) in [7, 11) is 0. The van der Waals surface area contributed by atoms with Crippen molar-refractivity contribution in [2.75, 3.05) is 0 Å². The Bertz CT molecular complexity index is 699. The standard InChI is InChI=1S/C14H13N3OS2/c1-10-12(13(18)15-9-11-5-4-8-19-11)16-14(20-10)17-6-2-3-7-17/h2-8H,9H2,1H3,(H,15,18).